The van der Waals surface area contributed by atoms with E-state index in [0.29, 0.717) is 14.6 Å². The van der Waals surface area contributed by atoms with Crippen molar-refractivity contribution >= 4 is 51.9 Å². The molecular weight excluding hydrogens is 316 g/mol. The summed E-state index contributed by atoms with van der Waals surface area (Å²) >= 11 is 8.14. The van der Waals surface area contributed by atoms with Crippen LogP contribution in [0, 0.1) is 0 Å². The average molecular weight is 332 g/mol. The van der Waals surface area contributed by atoms with E-state index in [4.69, 9.17) is 17.3 Å². The van der Waals surface area contributed by atoms with Gasteiger partial charge in [0.15, 0.2) is 0 Å². The predicted octanol–water partition coefficient (Wildman–Crippen LogP) is 1.60. The van der Waals surface area contributed by atoms with Crippen LogP contribution >= 0.6 is 35.7 Å². The molecule has 2 rings (SSSR count). The Labute approximate surface area is 131 Å². The third-order valence-electron chi connectivity index (χ3n) is 3.17. The van der Waals surface area contributed by atoms with E-state index in [-0.39, 0.29) is 12.5 Å². The zero-order valence-electron chi connectivity index (χ0n) is 11.1. The van der Waals surface area contributed by atoms with Gasteiger partial charge in [-0.05, 0) is 13.0 Å². The van der Waals surface area contributed by atoms with Crippen molar-refractivity contribution in [3.63, 3.8) is 0 Å². The summed E-state index contributed by atoms with van der Waals surface area (Å²) in [7, 11) is 0. The first-order valence-electron chi connectivity index (χ1n) is 6.34. The Balaban J connectivity index is 1.99. The minimum atomic E-state index is -1.05. The van der Waals surface area contributed by atoms with Crippen LogP contribution in [0.3, 0.4) is 0 Å². The quantitative estimate of drug-likeness (QED) is 0.606. The molecule has 8 heteroatoms. The molecule has 0 bridgehead atoms. The van der Waals surface area contributed by atoms with Crippen molar-refractivity contribution in [3.05, 3.63) is 11.0 Å². The van der Waals surface area contributed by atoms with Crippen molar-refractivity contribution < 1.29 is 14.7 Å². The maximum Gasteiger partial charge on any atom is 0.323 e. The molecule has 2 heterocycles. The number of thioether (sulfide) groups is 2. The number of rotatable bonds is 5. The largest absolute Gasteiger partial charge is 0.480 e. The summed E-state index contributed by atoms with van der Waals surface area (Å²) in [6.45, 7) is 3.86. The van der Waals surface area contributed by atoms with Gasteiger partial charge in [0.25, 0.3) is 5.91 Å². The fourth-order valence-electron chi connectivity index (χ4n) is 2.15. The second-order valence-electron chi connectivity index (χ2n) is 4.41. The van der Waals surface area contributed by atoms with Crippen molar-refractivity contribution in [2.45, 2.75) is 18.7 Å². The van der Waals surface area contributed by atoms with Gasteiger partial charge in [-0.2, -0.15) is 0 Å². The van der Waals surface area contributed by atoms with E-state index in [0.717, 1.165) is 30.2 Å². The Morgan fingerprint density at radius 2 is 2.35 bits per heavy atom. The SMILES string of the molecule is CCN1CCSC1CC=C1SC(=S)N(CC(=O)O)C1=O. The van der Waals surface area contributed by atoms with Crippen LogP contribution < -0.4 is 0 Å². The average Bonchev–Trinajstić information content (AvgIpc) is 2.95. The Morgan fingerprint density at radius 1 is 1.60 bits per heavy atom. The molecule has 1 amide bonds. The number of nitrogens with zero attached hydrogens (tertiary/aromatic N) is 2. The second kappa shape index (κ2) is 6.93. The minimum absolute atomic E-state index is 0.284. The molecular formula is C12H16N2O3S3. The van der Waals surface area contributed by atoms with Gasteiger partial charge in [-0.25, -0.2) is 0 Å². The number of carbonyl (C=O) groups excluding carboxylic acids is 1. The number of carboxylic acid groups (broad SMARTS) is 1. The van der Waals surface area contributed by atoms with Crippen LogP contribution in [0.1, 0.15) is 13.3 Å². The van der Waals surface area contributed by atoms with Crippen LogP contribution in [-0.2, 0) is 9.59 Å². The van der Waals surface area contributed by atoms with E-state index in [1.54, 1.807) is 0 Å². The van der Waals surface area contributed by atoms with Crippen LogP contribution in [0.5, 0.6) is 0 Å². The summed E-state index contributed by atoms with van der Waals surface area (Å²) in [5.74, 6) is -0.216. The summed E-state index contributed by atoms with van der Waals surface area (Å²) in [4.78, 5) is 26.9. The van der Waals surface area contributed by atoms with Crippen molar-refractivity contribution in [1.29, 1.82) is 0 Å². The van der Waals surface area contributed by atoms with Gasteiger partial charge >= 0.3 is 5.97 Å². The molecule has 2 aliphatic heterocycles. The minimum Gasteiger partial charge on any atom is -0.480 e. The highest BCUT2D eigenvalue weighted by Gasteiger charge is 2.33. The fourth-order valence-corrected chi connectivity index (χ4v) is 4.70. The topological polar surface area (TPSA) is 60.9 Å². The Kier molecular flexibility index (Phi) is 5.48. The van der Waals surface area contributed by atoms with Crippen LogP contribution in [0.25, 0.3) is 0 Å². The van der Waals surface area contributed by atoms with Gasteiger partial charge in [0.1, 0.15) is 10.9 Å². The molecule has 1 N–H and O–H groups in total. The molecule has 0 aromatic rings. The molecule has 0 aromatic heterocycles. The summed E-state index contributed by atoms with van der Waals surface area (Å²) < 4.78 is 0.329. The highest BCUT2D eigenvalue weighted by atomic mass is 32.2. The smallest absolute Gasteiger partial charge is 0.323 e. The van der Waals surface area contributed by atoms with Crippen LogP contribution in [-0.4, -0.2) is 61.9 Å². The Hall–Kier alpha value is -0.570. The molecule has 1 unspecified atom stereocenters. The molecule has 110 valence electrons. The maximum atomic E-state index is 12.1. The highest BCUT2D eigenvalue weighted by molar-refractivity contribution is 8.26. The van der Waals surface area contributed by atoms with E-state index < -0.39 is 5.97 Å². The van der Waals surface area contributed by atoms with E-state index in [1.807, 2.05) is 17.8 Å². The van der Waals surface area contributed by atoms with Crippen LogP contribution in [0.15, 0.2) is 11.0 Å². The Morgan fingerprint density at radius 3 is 3.00 bits per heavy atom. The molecule has 20 heavy (non-hydrogen) atoms. The molecule has 2 aliphatic rings. The lowest BCUT2D eigenvalue weighted by molar-refractivity contribution is -0.140. The molecule has 5 nitrogen and oxygen atoms in total. The summed E-state index contributed by atoms with van der Waals surface area (Å²) in [5, 5.41) is 9.18. The molecule has 0 spiro atoms. The zero-order chi connectivity index (χ0) is 14.7. The highest BCUT2D eigenvalue weighted by Crippen LogP contribution is 2.33. The lowest BCUT2D eigenvalue weighted by Gasteiger charge is -2.20. The third-order valence-corrected chi connectivity index (χ3v) is 5.89. The molecule has 2 fully saturated rings. The van der Waals surface area contributed by atoms with Crippen molar-refractivity contribution in [3.8, 4) is 0 Å². The van der Waals surface area contributed by atoms with E-state index >= 15 is 0 Å². The lowest BCUT2D eigenvalue weighted by atomic mass is 10.3. The number of carbonyl (C=O) groups is 2. The summed E-state index contributed by atoms with van der Waals surface area (Å²) in [6, 6.07) is 0. The van der Waals surface area contributed by atoms with Gasteiger partial charge in [0.05, 0.1) is 10.3 Å². The molecule has 0 saturated carbocycles. The first kappa shape index (κ1) is 15.8. The standard InChI is InChI=1S/C12H16N2O3S3/c1-2-13-5-6-19-9(13)4-3-8-11(17)14(7-10(15)16)12(18)20-8/h3,9H,2,4-7H2,1H3,(H,15,16). The number of thiocarbonyl (C=S) groups is 1. The number of aliphatic carboxylic acids is 1. The van der Waals surface area contributed by atoms with Gasteiger partial charge < -0.3 is 5.11 Å². The zero-order valence-corrected chi connectivity index (χ0v) is 13.5. The van der Waals surface area contributed by atoms with Gasteiger partial charge in [-0.3, -0.25) is 19.4 Å². The fraction of sp³-hybridized carbons (Fsp3) is 0.583. The Bertz CT molecular complexity index is 467. The molecule has 2 saturated heterocycles. The van der Waals surface area contributed by atoms with Gasteiger partial charge in [-0.15, -0.1) is 11.8 Å². The van der Waals surface area contributed by atoms with E-state index in [2.05, 4.69) is 11.8 Å². The van der Waals surface area contributed by atoms with Crippen molar-refractivity contribution in [2.75, 3.05) is 25.4 Å². The monoisotopic (exact) mass is 332 g/mol. The number of hydrogen-bond acceptors (Lipinski definition) is 6. The normalized spacial score (nSPS) is 25.9. The first-order valence-corrected chi connectivity index (χ1v) is 8.61. The van der Waals surface area contributed by atoms with Gasteiger partial charge in [0, 0.05) is 12.3 Å². The maximum absolute atomic E-state index is 12.1. The molecule has 0 aliphatic carbocycles. The molecule has 0 radical (unpaired) electrons. The number of hydrogen-bond donors (Lipinski definition) is 1. The first-order chi connectivity index (χ1) is 9.52. The second-order valence-corrected chi connectivity index (χ2v) is 7.37. The van der Waals surface area contributed by atoms with E-state index in [9.17, 15) is 9.59 Å². The van der Waals surface area contributed by atoms with E-state index in [1.165, 1.54) is 11.8 Å². The third kappa shape index (κ3) is 3.55. The molecule has 0 aromatic carbocycles. The predicted molar refractivity (Wildman–Crippen MR) is 85.7 cm³/mol. The van der Waals surface area contributed by atoms with Gasteiger partial charge in [-0.1, -0.05) is 37.0 Å². The van der Waals surface area contributed by atoms with Gasteiger partial charge in [0.2, 0.25) is 0 Å². The van der Waals surface area contributed by atoms with Crippen molar-refractivity contribution in [1.82, 2.24) is 9.80 Å². The van der Waals surface area contributed by atoms with Crippen molar-refractivity contribution in [2.24, 2.45) is 0 Å². The number of amides is 1. The van der Waals surface area contributed by atoms with Crippen LogP contribution in [0.2, 0.25) is 0 Å². The van der Waals surface area contributed by atoms with Crippen LogP contribution in [0.4, 0.5) is 0 Å². The molecule has 1 atom stereocenters. The lowest BCUT2D eigenvalue weighted by Crippen LogP contribution is -2.33. The summed E-state index contributed by atoms with van der Waals surface area (Å²) in [5.41, 5.74) is 0. The summed E-state index contributed by atoms with van der Waals surface area (Å²) in [6.07, 6.45) is 2.68. The number of carboxylic acids is 1.